The van der Waals surface area contributed by atoms with Crippen molar-refractivity contribution in [3.05, 3.63) is 29.8 Å². The highest BCUT2D eigenvalue weighted by molar-refractivity contribution is 5.55. The Hall–Kier alpha value is -1.68. The summed E-state index contributed by atoms with van der Waals surface area (Å²) in [7, 11) is 1.44. The van der Waals surface area contributed by atoms with E-state index in [1.165, 1.54) is 7.11 Å². The van der Waals surface area contributed by atoms with Gasteiger partial charge < -0.3 is 39.7 Å². The number of benzene rings is 1. The van der Waals surface area contributed by atoms with Crippen LogP contribution >= 0.6 is 0 Å². The van der Waals surface area contributed by atoms with Crippen molar-refractivity contribution in [2.75, 3.05) is 20.3 Å². The molecule has 2 rings (SSSR count). The Kier molecular flexibility index (Phi) is 6.55. The molecule has 0 unspecified atom stereocenters. The molecule has 8 nitrogen and oxygen atoms in total. The quantitative estimate of drug-likeness (QED) is 0.411. The number of hydrogen-bond acceptors (Lipinski definition) is 8. The van der Waals surface area contributed by atoms with Crippen molar-refractivity contribution < 1.29 is 39.7 Å². The van der Waals surface area contributed by atoms with Crippen LogP contribution in [-0.2, 0) is 4.74 Å². The van der Waals surface area contributed by atoms with Gasteiger partial charge in [-0.15, -0.1) is 0 Å². The molecule has 1 heterocycles. The molecule has 5 atom stereocenters. The Morgan fingerprint density at radius 3 is 2.46 bits per heavy atom. The average molecular weight is 343 g/mol. The Balaban J connectivity index is 2.18. The van der Waals surface area contributed by atoms with Crippen molar-refractivity contribution >= 4 is 6.08 Å². The van der Waals surface area contributed by atoms with E-state index in [1.54, 1.807) is 30.4 Å². The molecule has 0 spiro atoms. The summed E-state index contributed by atoms with van der Waals surface area (Å²) in [5, 5.41) is 47.5. The smallest absolute Gasteiger partial charge is 0.229 e. The minimum Gasteiger partial charge on any atom is -0.493 e. The normalized spacial score (nSPS) is 30.5. The zero-order chi connectivity index (χ0) is 17.7. The molecule has 5 N–H and O–H groups in total. The van der Waals surface area contributed by atoms with Gasteiger partial charge in [0, 0.05) is 0 Å². The Morgan fingerprint density at radius 1 is 1.08 bits per heavy atom. The van der Waals surface area contributed by atoms with Gasteiger partial charge in [0.05, 0.1) is 20.3 Å². The second kappa shape index (κ2) is 8.43. The van der Waals surface area contributed by atoms with Crippen LogP contribution in [0.25, 0.3) is 6.08 Å². The zero-order valence-electron chi connectivity index (χ0n) is 13.1. The van der Waals surface area contributed by atoms with Crippen LogP contribution < -0.4 is 9.47 Å². The molecule has 8 heteroatoms. The molecule has 1 aliphatic heterocycles. The minimum atomic E-state index is -1.52. The summed E-state index contributed by atoms with van der Waals surface area (Å²) < 4.78 is 16.1. The molecule has 0 aliphatic carbocycles. The molecule has 134 valence electrons. The summed E-state index contributed by atoms with van der Waals surface area (Å²) in [4.78, 5) is 0. The standard InChI is InChI=1S/C16H22O8/c1-22-11-7-9(3-2-6-17)4-5-10(11)23-16-15(21)14(20)13(19)12(8-18)24-16/h2-5,7,12-21H,6,8H2,1H3/b3-2+/t12-,13-,14+,15-,16-/m1/s1/i3+1. The molecule has 1 aromatic rings. The molecular weight excluding hydrogens is 321 g/mol. The minimum absolute atomic E-state index is 0.0918. The summed E-state index contributed by atoms with van der Waals surface area (Å²) in [5.74, 6) is 0.607. The molecule has 1 aromatic carbocycles. The predicted octanol–water partition coefficient (Wildman–Crippen LogP) is -1.12. The van der Waals surface area contributed by atoms with Crippen LogP contribution in [0.15, 0.2) is 24.3 Å². The van der Waals surface area contributed by atoms with Crippen molar-refractivity contribution in [3.63, 3.8) is 0 Å². The highest BCUT2D eigenvalue weighted by Gasteiger charge is 2.44. The lowest BCUT2D eigenvalue weighted by Crippen LogP contribution is -2.60. The summed E-state index contributed by atoms with van der Waals surface area (Å²) in [6, 6.07) is 4.94. The van der Waals surface area contributed by atoms with Gasteiger partial charge in [-0.25, -0.2) is 0 Å². The second-order valence-electron chi connectivity index (χ2n) is 5.31. The summed E-state index contributed by atoms with van der Waals surface area (Å²) in [6.07, 6.45) is -3.54. The highest BCUT2D eigenvalue weighted by Crippen LogP contribution is 2.32. The Labute approximate surface area is 139 Å². The highest BCUT2D eigenvalue weighted by atomic mass is 16.7. The van der Waals surface area contributed by atoms with Gasteiger partial charge in [-0.2, -0.15) is 0 Å². The van der Waals surface area contributed by atoms with Gasteiger partial charge in [0.2, 0.25) is 6.29 Å². The van der Waals surface area contributed by atoms with E-state index in [4.69, 9.17) is 19.3 Å². The van der Waals surface area contributed by atoms with Gasteiger partial charge in [0.1, 0.15) is 24.4 Å². The van der Waals surface area contributed by atoms with Crippen molar-refractivity contribution in [2.24, 2.45) is 0 Å². The van der Waals surface area contributed by atoms with Crippen molar-refractivity contribution in [1.29, 1.82) is 0 Å². The maximum atomic E-state index is 10.00. The van der Waals surface area contributed by atoms with E-state index >= 15 is 0 Å². The van der Waals surface area contributed by atoms with E-state index in [0.29, 0.717) is 5.75 Å². The molecule has 0 aromatic heterocycles. The van der Waals surface area contributed by atoms with Crippen molar-refractivity contribution in [2.45, 2.75) is 30.7 Å². The third kappa shape index (κ3) is 4.04. The maximum absolute atomic E-state index is 10.00. The number of hydrogen-bond donors (Lipinski definition) is 5. The fourth-order valence-electron chi connectivity index (χ4n) is 2.36. The first kappa shape index (κ1) is 18.7. The van der Waals surface area contributed by atoms with Gasteiger partial charge >= 0.3 is 0 Å². The van der Waals surface area contributed by atoms with Crippen LogP contribution in [-0.4, -0.2) is 76.6 Å². The lowest BCUT2D eigenvalue weighted by atomic mass is 9.99. The monoisotopic (exact) mass is 343 g/mol. The molecule has 1 fully saturated rings. The first-order chi connectivity index (χ1) is 11.5. The van der Waals surface area contributed by atoms with Crippen LogP contribution in [0.2, 0.25) is 0 Å². The lowest BCUT2D eigenvalue weighted by molar-refractivity contribution is -0.277. The third-order valence-corrected chi connectivity index (χ3v) is 3.69. The maximum Gasteiger partial charge on any atom is 0.229 e. The SMILES string of the molecule is COc1cc(/[13CH]=C/CO)ccc1O[C@@H]1O[C@H](CO)[C@@H](O)[C@H](O)[C@H]1O. The molecule has 0 saturated carbocycles. The topological polar surface area (TPSA) is 129 Å². The number of rotatable bonds is 6. The number of methoxy groups -OCH3 is 1. The summed E-state index contributed by atoms with van der Waals surface area (Å²) in [6.45, 7) is -0.627. The van der Waals surface area contributed by atoms with E-state index in [-0.39, 0.29) is 12.4 Å². The van der Waals surface area contributed by atoms with Crippen LogP contribution in [0, 0.1) is 0 Å². The number of ether oxygens (including phenoxy) is 3. The van der Waals surface area contributed by atoms with Gasteiger partial charge in [0.25, 0.3) is 0 Å². The van der Waals surface area contributed by atoms with Gasteiger partial charge in [-0.05, 0) is 17.7 Å². The van der Waals surface area contributed by atoms with Crippen LogP contribution in [0.4, 0.5) is 0 Å². The summed E-state index contributed by atoms with van der Waals surface area (Å²) >= 11 is 0. The van der Waals surface area contributed by atoms with E-state index in [0.717, 1.165) is 5.56 Å². The molecule has 0 amide bonds. The van der Waals surface area contributed by atoms with Crippen LogP contribution in [0.3, 0.4) is 0 Å². The summed E-state index contributed by atoms with van der Waals surface area (Å²) in [5.41, 5.74) is 0.766. The van der Waals surface area contributed by atoms with E-state index < -0.39 is 37.3 Å². The van der Waals surface area contributed by atoms with E-state index in [9.17, 15) is 20.4 Å². The largest absolute Gasteiger partial charge is 0.493 e. The fraction of sp³-hybridized carbons (Fsp3) is 0.500. The fourth-order valence-corrected chi connectivity index (χ4v) is 2.36. The van der Waals surface area contributed by atoms with Crippen LogP contribution in [0.1, 0.15) is 5.56 Å². The first-order valence-electron chi connectivity index (χ1n) is 7.44. The first-order valence-corrected chi connectivity index (χ1v) is 7.44. The van der Waals surface area contributed by atoms with Gasteiger partial charge in [0.15, 0.2) is 11.5 Å². The lowest BCUT2D eigenvalue weighted by Gasteiger charge is -2.39. The molecular formula is C16H22O8. The Bertz CT molecular complexity index is 559. The van der Waals surface area contributed by atoms with Crippen molar-refractivity contribution in [1.82, 2.24) is 0 Å². The zero-order valence-corrected chi connectivity index (χ0v) is 13.1. The third-order valence-electron chi connectivity index (χ3n) is 3.69. The van der Waals surface area contributed by atoms with Gasteiger partial charge in [-0.3, -0.25) is 0 Å². The van der Waals surface area contributed by atoms with Crippen molar-refractivity contribution in [3.8, 4) is 11.5 Å². The average Bonchev–Trinajstić information content (AvgIpc) is 2.61. The number of aliphatic hydroxyl groups is 5. The van der Waals surface area contributed by atoms with Gasteiger partial charge in [-0.1, -0.05) is 18.2 Å². The molecule has 1 saturated heterocycles. The number of aliphatic hydroxyl groups excluding tert-OH is 5. The second-order valence-corrected chi connectivity index (χ2v) is 5.31. The molecule has 1 aliphatic rings. The molecule has 24 heavy (non-hydrogen) atoms. The molecule has 0 bridgehead atoms. The van der Waals surface area contributed by atoms with Crippen LogP contribution in [0.5, 0.6) is 11.5 Å². The Morgan fingerprint density at radius 2 is 1.83 bits per heavy atom. The van der Waals surface area contributed by atoms with E-state index in [2.05, 4.69) is 0 Å². The van der Waals surface area contributed by atoms with E-state index in [1.807, 2.05) is 0 Å². The molecule has 0 radical (unpaired) electrons. The predicted molar refractivity (Wildman–Crippen MR) is 83.5 cm³/mol.